The Kier molecular flexibility index (Phi) is 5.71. The van der Waals surface area contributed by atoms with Crippen molar-refractivity contribution in [1.82, 2.24) is 14.5 Å². The monoisotopic (exact) mass is 427 g/mol. The minimum absolute atomic E-state index is 0.0215. The van der Waals surface area contributed by atoms with Crippen LogP contribution in [0, 0.1) is 6.92 Å². The molecule has 0 aliphatic carbocycles. The van der Waals surface area contributed by atoms with E-state index < -0.39 is 10.0 Å². The lowest BCUT2D eigenvalue weighted by molar-refractivity contribution is 0.539. The second-order valence-corrected chi connectivity index (χ2v) is 8.24. The fraction of sp³-hybridized carbons (Fsp3) is 0.176. The number of rotatable bonds is 6. The number of hydrogen-bond acceptors (Lipinski definition) is 5. The van der Waals surface area contributed by atoms with Crippen LogP contribution < -0.4 is 10.3 Å². The van der Waals surface area contributed by atoms with E-state index in [1.165, 1.54) is 30.5 Å². The van der Waals surface area contributed by atoms with Gasteiger partial charge < -0.3 is 4.42 Å². The standard InChI is InChI=1S/C17H15Cl2N3O4S/c1-11-9-16(13(19)10-12(11)18)27(24,25)20-6-7-22-17(23)5-4-14(21-22)15-3-2-8-26-15/h2-5,8-10,20H,6-7H2,1H3. The highest BCUT2D eigenvalue weighted by Gasteiger charge is 2.19. The van der Waals surface area contributed by atoms with E-state index in [2.05, 4.69) is 9.82 Å². The van der Waals surface area contributed by atoms with Crippen molar-refractivity contribution in [1.29, 1.82) is 0 Å². The number of nitrogens with zero attached hydrogens (tertiary/aromatic N) is 2. The zero-order valence-corrected chi connectivity index (χ0v) is 16.5. The number of hydrogen-bond donors (Lipinski definition) is 1. The Morgan fingerprint density at radius 3 is 2.67 bits per heavy atom. The molecule has 0 aliphatic rings. The highest BCUT2D eigenvalue weighted by atomic mass is 35.5. The van der Waals surface area contributed by atoms with E-state index >= 15 is 0 Å². The third kappa shape index (κ3) is 4.41. The first-order valence-corrected chi connectivity index (χ1v) is 10.1. The van der Waals surface area contributed by atoms with Crippen molar-refractivity contribution in [3.8, 4) is 11.5 Å². The summed E-state index contributed by atoms with van der Waals surface area (Å²) in [6, 6.07) is 9.08. The first-order valence-electron chi connectivity index (χ1n) is 7.85. The second-order valence-electron chi connectivity index (χ2n) is 5.69. The topological polar surface area (TPSA) is 94.2 Å². The van der Waals surface area contributed by atoms with E-state index in [4.69, 9.17) is 27.6 Å². The van der Waals surface area contributed by atoms with E-state index in [1.807, 2.05) is 0 Å². The van der Waals surface area contributed by atoms with Crippen molar-refractivity contribution < 1.29 is 12.8 Å². The number of aromatic nitrogens is 2. The molecule has 3 aromatic rings. The Hall–Kier alpha value is -2.13. The molecule has 1 aromatic carbocycles. The van der Waals surface area contributed by atoms with E-state index in [-0.39, 0.29) is 28.6 Å². The van der Waals surface area contributed by atoms with Gasteiger partial charge in [0.1, 0.15) is 10.6 Å². The van der Waals surface area contributed by atoms with Crippen molar-refractivity contribution in [3.05, 3.63) is 68.6 Å². The van der Waals surface area contributed by atoms with Crippen LogP contribution in [0.2, 0.25) is 10.0 Å². The predicted molar refractivity (Wildman–Crippen MR) is 103 cm³/mol. The first-order chi connectivity index (χ1) is 12.8. The Labute approximate surface area is 165 Å². The summed E-state index contributed by atoms with van der Waals surface area (Å²) in [4.78, 5) is 11.9. The quantitative estimate of drug-likeness (QED) is 0.651. The molecule has 0 saturated heterocycles. The van der Waals surface area contributed by atoms with Crippen LogP contribution in [0.25, 0.3) is 11.5 Å². The zero-order chi connectivity index (χ0) is 19.6. The summed E-state index contributed by atoms with van der Waals surface area (Å²) in [5.74, 6) is 0.507. The van der Waals surface area contributed by atoms with Gasteiger partial charge in [0.15, 0.2) is 5.76 Å². The summed E-state index contributed by atoms with van der Waals surface area (Å²) in [7, 11) is -3.87. The molecule has 0 saturated carbocycles. The molecule has 2 heterocycles. The minimum Gasteiger partial charge on any atom is -0.463 e. The molecule has 0 fully saturated rings. The van der Waals surface area contributed by atoms with Gasteiger partial charge >= 0.3 is 0 Å². The van der Waals surface area contributed by atoms with Gasteiger partial charge in [-0.25, -0.2) is 17.8 Å². The lowest BCUT2D eigenvalue weighted by Gasteiger charge is -2.11. The van der Waals surface area contributed by atoms with E-state index in [0.717, 1.165) is 4.68 Å². The van der Waals surface area contributed by atoms with Crippen molar-refractivity contribution in [2.75, 3.05) is 6.54 Å². The highest BCUT2D eigenvalue weighted by molar-refractivity contribution is 7.89. The van der Waals surface area contributed by atoms with Crippen LogP contribution >= 0.6 is 23.2 Å². The maximum atomic E-state index is 12.5. The minimum atomic E-state index is -3.87. The summed E-state index contributed by atoms with van der Waals surface area (Å²) < 4.78 is 33.8. The molecule has 10 heteroatoms. The summed E-state index contributed by atoms with van der Waals surface area (Å²) in [6.45, 7) is 1.67. The molecule has 142 valence electrons. The fourth-order valence-electron chi connectivity index (χ4n) is 2.37. The number of aryl methyl sites for hydroxylation is 1. The number of sulfonamides is 1. The molecule has 0 unspecified atom stereocenters. The van der Waals surface area contributed by atoms with Crippen LogP contribution in [0.5, 0.6) is 0 Å². The van der Waals surface area contributed by atoms with Crippen molar-refractivity contribution >= 4 is 33.2 Å². The molecule has 27 heavy (non-hydrogen) atoms. The lowest BCUT2D eigenvalue weighted by Crippen LogP contribution is -2.32. The Bertz CT molecular complexity index is 1130. The number of nitrogens with one attached hydrogen (secondary N) is 1. The van der Waals surface area contributed by atoms with Gasteiger partial charge in [0.25, 0.3) is 5.56 Å². The van der Waals surface area contributed by atoms with Gasteiger partial charge in [-0.15, -0.1) is 0 Å². The van der Waals surface area contributed by atoms with Gasteiger partial charge in [-0.2, -0.15) is 5.10 Å². The summed E-state index contributed by atoms with van der Waals surface area (Å²) in [5, 5.41) is 4.58. The lowest BCUT2D eigenvalue weighted by atomic mass is 10.2. The molecule has 0 spiro atoms. The van der Waals surface area contributed by atoms with Crippen molar-refractivity contribution in [2.24, 2.45) is 0 Å². The molecule has 0 amide bonds. The Morgan fingerprint density at radius 2 is 1.96 bits per heavy atom. The number of halogens is 2. The second kappa shape index (κ2) is 7.85. The normalized spacial score (nSPS) is 11.7. The Morgan fingerprint density at radius 1 is 1.19 bits per heavy atom. The summed E-state index contributed by atoms with van der Waals surface area (Å²) in [5.41, 5.74) is 0.703. The number of furan rings is 1. The van der Waals surface area contributed by atoms with Crippen LogP contribution in [0.15, 0.2) is 56.8 Å². The van der Waals surface area contributed by atoms with Crippen molar-refractivity contribution in [3.63, 3.8) is 0 Å². The van der Waals surface area contributed by atoms with Gasteiger partial charge in [-0.05, 0) is 42.8 Å². The van der Waals surface area contributed by atoms with Crippen LogP contribution in [-0.4, -0.2) is 24.7 Å². The average molecular weight is 428 g/mol. The van der Waals surface area contributed by atoms with Crippen molar-refractivity contribution in [2.45, 2.75) is 18.4 Å². The third-order valence-corrected chi connectivity index (χ3v) is 6.09. The van der Waals surface area contributed by atoms with Crippen LogP contribution in [0.3, 0.4) is 0 Å². The molecular formula is C17H15Cl2N3O4S. The van der Waals surface area contributed by atoms with Gasteiger partial charge in [0.05, 0.1) is 17.8 Å². The molecule has 0 radical (unpaired) electrons. The molecule has 3 rings (SSSR count). The molecule has 0 bridgehead atoms. The van der Waals surface area contributed by atoms with E-state index in [0.29, 0.717) is 22.0 Å². The number of benzene rings is 1. The summed E-state index contributed by atoms with van der Waals surface area (Å²) >= 11 is 11.9. The fourth-order valence-corrected chi connectivity index (χ4v) is 4.22. The largest absolute Gasteiger partial charge is 0.463 e. The maximum absolute atomic E-state index is 12.5. The zero-order valence-electron chi connectivity index (χ0n) is 14.1. The van der Waals surface area contributed by atoms with E-state index in [9.17, 15) is 13.2 Å². The molecule has 2 aromatic heterocycles. The van der Waals surface area contributed by atoms with E-state index in [1.54, 1.807) is 19.1 Å². The van der Waals surface area contributed by atoms with Gasteiger partial charge in [0.2, 0.25) is 10.0 Å². The maximum Gasteiger partial charge on any atom is 0.266 e. The SMILES string of the molecule is Cc1cc(S(=O)(=O)NCCn2nc(-c3ccco3)ccc2=O)c(Cl)cc1Cl. The predicted octanol–water partition coefficient (Wildman–Crippen LogP) is 3.10. The van der Waals surface area contributed by atoms with Crippen LogP contribution in [0.1, 0.15) is 5.56 Å². The smallest absolute Gasteiger partial charge is 0.266 e. The molecule has 1 N–H and O–H groups in total. The van der Waals surface area contributed by atoms with Gasteiger partial charge in [0, 0.05) is 17.6 Å². The van der Waals surface area contributed by atoms with Crippen LogP contribution in [0.4, 0.5) is 0 Å². The van der Waals surface area contributed by atoms with Crippen LogP contribution in [-0.2, 0) is 16.6 Å². The molecule has 0 aliphatic heterocycles. The van der Waals surface area contributed by atoms with Gasteiger partial charge in [-0.1, -0.05) is 23.2 Å². The summed E-state index contributed by atoms with van der Waals surface area (Å²) in [6.07, 6.45) is 1.50. The molecule has 0 atom stereocenters. The molecular weight excluding hydrogens is 413 g/mol. The van der Waals surface area contributed by atoms with Gasteiger partial charge in [-0.3, -0.25) is 4.79 Å². The highest BCUT2D eigenvalue weighted by Crippen LogP contribution is 2.28. The average Bonchev–Trinajstić information content (AvgIpc) is 3.14. The Balaban J connectivity index is 1.75. The molecule has 7 nitrogen and oxygen atoms in total. The third-order valence-electron chi connectivity index (χ3n) is 3.76. The first kappa shape index (κ1) is 19.6.